The van der Waals surface area contributed by atoms with Crippen molar-refractivity contribution in [2.75, 3.05) is 0 Å². The minimum absolute atomic E-state index is 0.0615. The number of hydrogen-bond donors (Lipinski definition) is 2. The first-order chi connectivity index (χ1) is 14.7. The van der Waals surface area contributed by atoms with E-state index in [-0.39, 0.29) is 11.5 Å². The fourth-order valence-corrected chi connectivity index (χ4v) is 9.36. The van der Waals surface area contributed by atoms with E-state index in [9.17, 15) is 10.2 Å². The average Bonchev–Trinajstić information content (AvgIpc) is 3.12. The molecule has 0 amide bonds. The van der Waals surface area contributed by atoms with Crippen LogP contribution < -0.4 is 0 Å². The van der Waals surface area contributed by atoms with Gasteiger partial charge in [-0.05, 0) is 130 Å². The highest BCUT2D eigenvalue weighted by molar-refractivity contribution is 5.12. The molecule has 2 unspecified atom stereocenters. The van der Waals surface area contributed by atoms with Crippen LogP contribution in [0.4, 0.5) is 0 Å². The lowest BCUT2D eigenvalue weighted by molar-refractivity contribution is -0.144. The van der Waals surface area contributed by atoms with Gasteiger partial charge in [0, 0.05) is 11.9 Å². The lowest BCUT2D eigenvalue weighted by Gasteiger charge is -2.61. The highest BCUT2D eigenvalue weighted by Crippen LogP contribution is 2.68. The summed E-state index contributed by atoms with van der Waals surface area (Å²) in [5.74, 6) is 3.54. The largest absolute Gasteiger partial charge is 0.393 e. The molecule has 0 bridgehead atoms. The Balaban J connectivity index is 1.33. The van der Waals surface area contributed by atoms with E-state index in [4.69, 9.17) is 0 Å². The van der Waals surface area contributed by atoms with Crippen LogP contribution in [0.1, 0.15) is 90.7 Å². The van der Waals surface area contributed by atoms with Crippen LogP contribution in [-0.2, 0) is 6.42 Å². The highest BCUT2D eigenvalue weighted by Gasteiger charge is 2.62. The second kappa shape index (κ2) is 7.83. The monoisotopic (exact) mass is 425 g/mol. The molecule has 1 heterocycles. The molecule has 1 aromatic heterocycles. The van der Waals surface area contributed by atoms with Crippen molar-refractivity contribution in [3.05, 3.63) is 30.1 Å². The number of aryl methyl sites for hydroxylation is 1. The van der Waals surface area contributed by atoms with E-state index in [0.717, 1.165) is 55.0 Å². The highest BCUT2D eigenvalue weighted by atomic mass is 16.3. The maximum atomic E-state index is 11.7. The molecule has 2 N–H and O–H groups in total. The summed E-state index contributed by atoms with van der Waals surface area (Å²) in [4.78, 5) is 4.48. The molecule has 0 aliphatic heterocycles. The van der Waals surface area contributed by atoms with Gasteiger partial charge in [-0.15, -0.1) is 0 Å². The van der Waals surface area contributed by atoms with Crippen LogP contribution in [0.5, 0.6) is 0 Å². The van der Waals surface area contributed by atoms with E-state index in [2.05, 4.69) is 31.8 Å². The summed E-state index contributed by atoms with van der Waals surface area (Å²) in [6, 6.07) is 6.10. The molecule has 4 aliphatic carbocycles. The van der Waals surface area contributed by atoms with Gasteiger partial charge in [0.05, 0.1) is 11.7 Å². The summed E-state index contributed by atoms with van der Waals surface area (Å²) >= 11 is 0. The van der Waals surface area contributed by atoms with Crippen molar-refractivity contribution < 1.29 is 10.2 Å². The summed E-state index contributed by atoms with van der Waals surface area (Å²) in [6.45, 7) is 7.21. The van der Waals surface area contributed by atoms with Crippen molar-refractivity contribution in [2.24, 2.45) is 40.4 Å². The van der Waals surface area contributed by atoms with Crippen molar-refractivity contribution in [1.82, 2.24) is 4.98 Å². The fourth-order valence-electron chi connectivity index (χ4n) is 9.36. The Kier molecular flexibility index (Phi) is 5.53. The number of aromatic nitrogens is 1. The third-order valence-electron chi connectivity index (χ3n) is 11.0. The van der Waals surface area contributed by atoms with E-state index in [1.165, 1.54) is 44.9 Å². The molecule has 172 valence electrons. The Morgan fingerprint density at radius 3 is 2.55 bits per heavy atom. The topological polar surface area (TPSA) is 53.4 Å². The Morgan fingerprint density at radius 2 is 1.77 bits per heavy atom. The predicted octanol–water partition coefficient (Wildman–Crippen LogP) is 5.79. The van der Waals surface area contributed by atoms with E-state index in [1.807, 2.05) is 18.3 Å². The molecule has 4 fully saturated rings. The Bertz CT molecular complexity index is 778. The summed E-state index contributed by atoms with van der Waals surface area (Å²) in [5, 5.41) is 22.0. The van der Waals surface area contributed by atoms with Crippen molar-refractivity contribution >= 4 is 0 Å². The molecule has 4 saturated carbocycles. The second-order valence-electron chi connectivity index (χ2n) is 12.4. The van der Waals surface area contributed by atoms with Crippen molar-refractivity contribution in [1.29, 1.82) is 0 Å². The van der Waals surface area contributed by atoms with Gasteiger partial charge in [0.2, 0.25) is 0 Å². The van der Waals surface area contributed by atoms with Crippen LogP contribution in [0.15, 0.2) is 24.4 Å². The number of nitrogens with zero attached hydrogens (tertiary/aromatic N) is 1. The molecule has 3 heteroatoms. The quantitative estimate of drug-likeness (QED) is 0.642. The lowest BCUT2D eigenvalue weighted by atomic mass is 9.44. The molecule has 0 saturated heterocycles. The first-order valence-electron chi connectivity index (χ1n) is 13.0. The normalized spacial score (nSPS) is 46.5. The Morgan fingerprint density at radius 1 is 1.00 bits per heavy atom. The molecule has 0 radical (unpaired) electrons. The van der Waals surface area contributed by atoms with Crippen molar-refractivity contribution in [2.45, 2.75) is 103 Å². The number of hydrogen-bond acceptors (Lipinski definition) is 3. The first kappa shape index (κ1) is 21.9. The number of aliphatic hydroxyl groups excluding tert-OH is 1. The lowest BCUT2D eigenvalue weighted by Crippen LogP contribution is -2.55. The zero-order chi connectivity index (χ0) is 21.9. The van der Waals surface area contributed by atoms with Gasteiger partial charge in [-0.3, -0.25) is 4.98 Å². The maximum absolute atomic E-state index is 11.7. The molecule has 0 spiro atoms. The van der Waals surface area contributed by atoms with Gasteiger partial charge in [-0.25, -0.2) is 0 Å². The van der Waals surface area contributed by atoms with E-state index < -0.39 is 5.60 Å². The van der Waals surface area contributed by atoms with Crippen LogP contribution in [-0.4, -0.2) is 26.9 Å². The summed E-state index contributed by atoms with van der Waals surface area (Å²) in [7, 11) is 0. The van der Waals surface area contributed by atoms with Gasteiger partial charge in [0.15, 0.2) is 0 Å². The van der Waals surface area contributed by atoms with Crippen LogP contribution in [0.25, 0.3) is 0 Å². The Hall–Kier alpha value is -0.930. The molecular formula is C28H43NO2. The van der Waals surface area contributed by atoms with Gasteiger partial charge >= 0.3 is 0 Å². The van der Waals surface area contributed by atoms with Gasteiger partial charge in [0.1, 0.15) is 0 Å². The molecule has 1 aromatic rings. The number of aliphatic hydroxyl groups is 2. The first-order valence-corrected chi connectivity index (χ1v) is 13.0. The standard InChI is InChI=1S/C28H43NO2/c1-26-14-12-21(30)18-19(26)7-8-22-23-9-10-25(27(23,2)15-13-24(22)26)28(3,31)16-11-20-6-4-5-17-29-20/h4-6,17,19,21-25,30-31H,7-16,18H2,1-3H3/t19?,21-,22-,23-,24-,25-,26-,27-,28?/m0/s1. The van der Waals surface area contributed by atoms with Crippen LogP contribution in [0.3, 0.4) is 0 Å². The SMILES string of the molecule is CC(O)(CCc1ccccn1)[C@H]1CC[C@H]2[C@@H]3CCC4C[C@@H](O)CC[C@]4(C)[C@H]3CC[C@]12C. The molecule has 3 nitrogen and oxygen atoms in total. The van der Waals surface area contributed by atoms with Crippen LogP contribution in [0.2, 0.25) is 0 Å². The van der Waals surface area contributed by atoms with Gasteiger partial charge in [-0.2, -0.15) is 0 Å². The minimum atomic E-state index is -0.621. The van der Waals surface area contributed by atoms with Crippen molar-refractivity contribution in [3.8, 4) is 0 Å². The third-order valence-corrected chi connectivity index (χ3v) is 11.0. The summed E-state index contributed by atoms with van der Waals surface area (Å²) < 4.78 is 0. The summed E-state index contributed by atoms with van der Waals surface area (Å²) in [5.41, 5.74) is 1.18. The van der Waals surface area contributed by atoms with E-state index >= 15 is 0 Å². The molecule has 9 atom stereocenters. The zero-order valence-corrected chi connectivity index (χ0v) is 19.9. The molecule has 31 heavy (non-hydrogen) atoms. The zero-order valence-electron chi connectivity index (χ0n) is 19.9. The van der Waals surface area contributed by atoms with Gasteiger partial charge < -0.3 is 10.2 Å². The Labute approximate surface area is 189 Å². The van der Waals surface area contributed by atoms with Gasteiger partial charge in [0.25, 0.3) is 0 Å². The fraction of sp³-hybridized carbons (Fsp3) is 0.821. The minimum Gasteiger partial charge on any atom is -0.393 e. The second-order valence-corrected chi connectivity index (χ2v) is 12.4. The third kappa shape index (κ3) is 3.59. The molecule has 5 rings (SSSR count). The van der Waals surface area contributed by atoms with Gasteiger partial charge in [-0.1, -0.05) is 19.9 Å². The van der Waals surface area contributed by atoms with E-state index in [0.29, 0.717) is 11.3 Å². The summed E-state index contributed by atoms with van der Waals surface area (Å²) in [6.07, 6.45) is 14.5. The predicted molar refractivity (Wildman–Crippen MR) is 124 cm³/mol. The number of rotatable bonds is 4. The number of pyridine rings is 1. The van der Waals surface area contributed by atoms with E-state index in [1.54, 1.807) is 0 Å². The molecule has 0 aromatic carbocycles. The maximum Gasteiger partial charge on any atom is 0.0656 e. The van der Waals surface area contributed by atoms with Crippen LogP contribution >= 0.6 is 0 Å². The molecular weight excluding hydrogens is 382 g/mol. The molecule has 4 aliphatic rings. The number of fused-ring (bicyclic) bond motifs is 5. The van der Waals surface area contributed by atoms with Crippen molar-refractivity contribution in [3.63, 3.8) is 0 Å². The van der Waals surface area contributed by atoms with Crippen LogP contribution in [0, 0.1) is 40.4 Å². The average molecular weight is 426 g/mol. The smallest absolute Gasteiger partial charge is 0.0656 e.